The van der Waals surface area contributed by atoms with E-state index in [2.05, 4.69) is 5.16 Å². The fourth-order valence-electron chi connectivity index (χ4n) is 0.494. The van der Waals surface area contributed by atoms with Gasteiger partial charge in [-0.15, -0.1) is 0 Å². The highest BCUT2D eigenvalue weighted by atomic mass is 16.4. The molecule has 5 N–H and O–H groups in total. The van der Waals surface area contributed by atoms with Crippen molar-refractivity contribution in [3.05, 3.63) is 0 Å². The monoisotopic (exact) mass is 145 g/mol. The normalized spacial score (nSPS) is 11.4. The molecule has 0 fully saturated rings. The van der Waals surface area contributed by atoms with Gasteiger partial charge in [-0.05, 0) is 6.42 Å². The Morgan fingerprint density at radius 3 is 2.40 bits per heavy atom. The molecule has 0 bridgehead atoms. The molecule has 0 rings (SSSR count). The third-order valence-electron chi connectivity index (χ3n) is 0.985. The molecule has 0 saturated carbocycles. The number of amidine groups is 1. The Morgan fingerprint density at radius 2 is 2.00 bits per heavy atom. The van der Waals surface area contributed by atoms with Crippen molar-refractivity contribution in [2.45, 2.75) is 19.3 Å². The predicted octanol–water partition coefficient (Wildman–Crippen LogP) is -0.612. The standard InChI is InChI=1S/C5H11N3O2/c6-4(8-10)2-1-3-5(7)9/h10H,1-3H2,(H2,6,8)(H2,7,9). The molecule has 58 valence electrons. The Morgan fingerprint density at radius 1 is 1.40 bits per heavy atom. The van der Waals surface area contributed by atoms with Gasteiger partial charge in [-0.2, -0.15) is 0 Å². The van der Waals surface area contributed by atoms with E-state index in [0.717, 1.165) is 0 Å². The van der Waals surface area contributed by atoms with Gasteiger partial charge >= 0.3 is 0 Å². The molecule has 0 aliphatic carbocycles. The van der Waals surface area contributed by atoms with Crippen molar-refractivity contribution in [2.75, 3.05) is 0 Å². The second kappa shape index (κ2) is 4.60. The van der Waals surface area contributed by atoms with Crippen molar-refractivity contribution in [1.82, 2.24) is 0 Å². The van der Waals surface area contributed by atoms with E-state index in [1.807, 2.05) is 0 Å². The van der Waals surface area contributed by atoms with Crippen LogP contribution in [-0.4, -0.2) is 17.0 Å². The van der Waals surface area contributed by atoms with E-state index in [-0.39, 0.29) is 18.2 Å². The number of carbonyl (C=O) groups is 1. The van der Waals surface area contributed by atoms with Crippen molar-refractivity contribution >= 4 is 11.7 Å². The molecule has 0 aliphatic heterocycles. The van der Waals surface area contributed by atoms with Gasteiger partial charge in [0.15, 0.2) is 0 Å². The summed E-state index contributed by atoms with van der Waals surface area (Å²) in [7, 11) is 0. The average Bonchev–Trinajstić information content (AvgIpc) is 1.87. The molecular weight excluding hydrogens is 134 g/mol. The number of hydrogen-bond donors (Lipinski definition) is 3. The van der Waals surface area contributed by atoms with Crippen molar-refractivity contribution in [3.8, 4) is 0 Å². The number of primary amides is 1. The van der Waals surface area contributed by atoms with Crippen LogP contribution in [0, 0.1) is 0 Å². The van der Waals surface area contributed by atoms with Gasteiger partial charge in [-0.25, -0.2) is 0 Å². The van der Waals surface area contributed by atoms with E-state index in [9.17, 15) is 4.79 Å². The number of oxime groups is 1. The van der Waals surface area contributed by atoms with Crippen LogP contribution < -0.4 is 11.5 Å². The maximum Gasteiger partial charge on any atom is 0.217 e. The minimum absolute atomic E-state index is 0.126. The van der Waals surface area contributed by atoms with E-state index in [4.69, 9.17) is 16.7 Å². The molecule has 5 nitrogen and oxygen atoms in total. The van der Waals surface area contributed by atoms with Gasteiger partial charge in [0.05, 0.1) is 0 Å². The zero-order chi connectivity index (χ0) is 7.98. The average molecular weight is 145 g/mol. The molecule has 0 spiro atoms. The molecule has 0 saturated heterocycles. The molecule has 0 unspecified atom stereocenters. The first kappa shape index (κ1) is 8.74. The lowest BCUT2D eigenvalue weighted by Crippen LogP contribution is -2.14. The van der Waals surface area contributed by atoms with Crippen LogP contribution in [0.15, 0.2) is 5.16 Å². The zero-order valence-electron chi connectivity index (χ0n) is 5.58. The summed E-state index contributed by atoms with van der Waals surface area (Å²) >= 11 is 0. The second-order valence-electron chi connectivity index (χ2n) is 1.91. The van der Waals surface area contributed by atoms with Crippen molar-refractivity contribution < 1.29 is 10.0 Å². The molecular formula is C5H11N3O2. The highest BCUT2D eigenvalue weighted by Crippen LogP contribution is 1.92. The molecule has 1 amide bonds. The fourth-order valence-corrected chi connectivity index (χ4v) is 0.494. The van der Waals surface area contributed by atoms with Crippen LogP contribution in [0.4, 0.5) is 0 Å². The Hall–Kier alpha value is -1.26. The van der Waals surface area contributed by atoms with E-state index in [1.165, 1.54) is 0 Å². The largest absolute Gasteiger partial charge is 0.409 e. The lowest BCUT2D eigenvalue weighted by atomic mass is 10.2. The number of amides is 1. The van der Waals surface area contributed by atoms with Gasteiger partial charge in [0.25, 0.3) is 0 Å². The molecule has 0 aliphatic rings. The minimum atomic E-state index is -0.370. The number of hydrogen-bond acceptors (Lipinski definition) is 3. The lowest BCUT2D eigenvalue weighted by Gasteiger charge is -1.94. The van der Waals surface area contributed by atoms with Crippen molar-refractivity contribution in [3.63, 3.8) is 0 Å². The van der Waals surface area contributed by atoms with Gasteiger partial charge < -0.3 is 16.7 Å². The minimum Gasteiger partial charge on any atom is -0.409 e. The maximum atomic E-state index is 10.1. The first-order valence-corrected chi connectivity index (χ1v) is 2.91. The molecule has 0 aromatic rings. The van der Waals surface area contributed by atoms with Crippen molar-refractivity contribution in [1.29, 1.82) is 0 Å². The van der Waals surface area contributed by atoms with Crippen LogP contribution in [0.3, 0.4) is 0 Å². The van der Waals surface area contributed by atoms with Crippen LogP contribution in [0.25, 0.3) is 0 Å². The third-order valence-corrected chi connectivity index (χ3v) is 0.985. The van der Waals surface area contributed by atoms with Gasteiger partial charge in [-0.3, -0.25) is 4.79 Å². The summed E-state index contributed by atoms with van der Waals surface area (Å²) in [5.74, 6) is -0.244. The summed E-state index contributed by atoms with van der Waals surface area (Å²) in [6, 6.07) is 0. The number of rotatable bonds is 4. The van der Waals surface area contributed by atoms with E-state index < -0.39 is 0 Å². The Balaban J connectivity index is 3.29. The molecule has 0 radical (unpaired) electrons. The van der Waals surface area contributed by atoms with Crippen LogP contribution in [0.5, 0.6) is 0 Å². The van der Waals surface area contributed by atoms with Crippen molar-refractivity contribution in [2.24, 2.45) is 16.6 Å². The first-order valence-electron chi connectivity index (χ1n) is 2.91. The highest BCUT2D eigenvalue weighted by molar-refractivity contribution is 5.80. The lowest BCUT2D eigenvalue weighted by molar-refractivity contribution is -0.118. The van der Waals surface area contributed by atoms with Crippen LogP contribution in [0.2, 0.25) is 0 Å². The number of nitrogens with two attached hydrogens (primary N) is 2. The van der Waals surface area contributed by atoms with E-state index in [0.29, 0.717) is 12.8 Å². The predicted molar refractivity (Wildman–Crippen MR) is 36.5 cm³/mol. The molecule has 10 heavy (non-hydrogen) atoms. The summed E-state index contributed by atoms with van der Waals surface area (Å²) in [4.78, 5) is 10.1. The highest BCUT2D eigenvalue weighted by Gasteiger charge is 1.96. The fraction of sp³-hybridized carbons (Fsp3) is 0.600. The van der Waals surface area contributed by atoms with Gasteiger partial charge in [0, 0.05) is 12.8 Å². The van der Waals surface area contributed by atoms with E-state index in [1.54, 1.807) is 0 Å². The SMILES string of the molecule is NC(=O)CCCC(N)=NO. The van der Waals surface area contributed by atoms with Crippen LogP contribution in [0.1, 0.15) is 19.3 Å². The van der Waals surface area contributed by atoms with Crippen LogP contribution >= 0.6 is 0 Å². The second-order valence-corrected chi connectivity index (χ2v) is 1.91. The van der Waals surface area contributed by atoms with Crippen LogP contribution in [-0.2, 0) is 4.79 Å². The Labute approximate surface area is 58.7 Å². The topological polar surface area (TPSA) is 102 Å². The molecule has 0 aromatic carbocycles. The van der Waals surface area contributed by atoms with E-state index >= 15 is 0 Å². The maximum absolute atomic E-state index is 10.1. The Kier molecular flexibility index (Phi) is 4.02. The number of nitrogens with zero attached hydrogens (tertiary/aromatic N) is 1. The zero-order valence-corrected chi connectivity index (χ0v) is 5.58. The smallest absolute Gasteiger partial charge is 0.217 e. The third kappa shape index (κ3) is 4.89. The molecule has 5 heteroatoms. The molecule has 0 aromatic heterocycles. The summed E-state index contributed by atoms with van der Waals surface area (Å²) < 4.78 is 0. The summed E-state index contributed by atoms with van der Waals surface area (Å²) in [5, 5.41) is 10.8. The van der Waals surface area contributed by atoms with Gasteiger partial charge in [0.1, 0.15) is 5.84 Å². The first-order chi connectivity index (χ1) is 4.66. The molecule has 0 atom stereocenters. The van der Waals surface area contributed by atoms with Gasteiger partial charge in [0.2, 0.25) is 5.91 Å². The Bertz CT molecular complexity index is 144. The molecule has 0 heterocycles. The summed E-state index contributed by atoms with van der Waals surface area (Å²) in [6.07, 6.45) is 1.21. The summed E-state index contributed by atoms with van der Waals surface area (Å²) in [6.45, 7) is 0. The summed E-state index contributed by atoms with van der Waals surface area (Å²) in [5.41, 5.74) is 9.95. The van der Waals surface area contributed by atoms with Gasteiger partial charge in [-0.1, -0.05) is 5.16 Å². The number of carbonyl (C=O) groups excluding carboxylic acids is 1. The quantitative estimate of drug-likeness (QED) is 0.213.